The molecule has 0 fully saturated rings. The van der Waals surface area contributed by atoms with Crippen molar-refractivity contribution in [2.75, 3.05) is 0 Å². The molecule has 0 unspecified atom stereocenters. The molecule has 2 aromatic heterocycles. The van der Waals surface area contributed by atoms with Gasteiger partial charge in [0.2, 0.25) is 0 Å². The minimum absolute atomic E-state index is 0.715. The van der Waals surface area contributed by atoms with Crippen LogP contribution < -0.4 is 0 Å². The predicted octanol–water partition coefficient (Wildman–Crippen LogP) is 9.42. The number of aromatic nitrogens is 3. The second-order valence-corrected chi connectivity index (χ2v) is 10.3. The van der Waals surface area contributed by atoms with Gasteiger partial charge >= 0.3 is 0 Å². The van der Waals surface area contributed by atoms with E-state index in [1.165, 1.54) is 4.70 Å². The van der Waals surface area contributed by atoms with Crippen molar-refractivity contribution in [3.05, 3.63) is 140 Å². The molecular weight excluding hydrogens is 494 g/mol. The van der Waals surface area contributed by atoms with Crippen LogP contribution in [0.2, 0.25) is 0 Å². The summed E-state index contributed by atoms with van der Waals surface area (Å²) in [5, 5.41) is 1.03. The van der Waals surface area contributed by atoms with Crippen LogP contribution >= 0.6 is 11.3 Å². The van der Waals surface area contributed by atoms with Gasteiger partial charge in [0.25, 0.3) is 0 Å². The van der Waals surface area contributed by atoms with Gasteiger partial charge < -0.3 is 0 Å². The monoisotopic (exact) mass is 517 g/mol. The van der Waals surface area contributed by atoms with Crippen LogP contribution in [-0.2, 0) is 0 Å². The summed E-state index contributed by atoms with van der Waals surface area (Å²) in [4.78, 5) is 14.9. The van der Waals surface area contributed by atoms with Crippen LogP contribution in [0.5, 0.6) is 0 Å². The number of thiazole rings is 1. The highest BCUT2D eigenvalue weighted by atomic mass is 32.1. The molecule has 3 nitrogen and oxygen atoms in total. The predicted molar refractivity (Wildman–Crippen MR) is 162 cm³/mol. The zero-order valence-corrected chi connectivity index (χ0v) is 21.8. The zero-order chi connectivity index (χ0) is 26.0. The van der Waals surface area contributed by atoms with Crippen molar-refractivity contribution in [3.63, 3.8) is 0 Å². The van der Waals surface area contributed by atoms with E-state index in [0.717, 1.165) is 55.3 Å². The van der Waals surface area contributed by atoms with Crippen LogP contribution in [0.15, 0.2) is 140 Å². The summed E-state index contributed by atoms with van der Waals surface area (Å²) in [5.41, 5.74) is 9.36. The normalized spacial score (nSPS) is 11.1. The highest BCUT2D eigenvalue weighted by Crippen LogP contribution is 2.37. The number of nitrogens with zero attached hydrogens (tertiary/aromatic N) is 3. The summed E-state index contributed by atoms with van der Waals surface area (Å²) >= 11 is 1.72. The van der Waals surface area contributed by atoms with E-state index in [0.29, 0.717) is 5.82 Å². The van der Waals surface area contributed by atoms with Crippen molar-refractivity contribution in [1.29, 1.82) is 0 Å². The third-order valence-electron chi connectivity index (χ3n) is 6.75. The number of benzene rings is 5. The lowest BCUT2D eigenvalue weighted by molar-refractivity contribution is 1.18. The van der Waals surface area contributed by atoms with Gasteiger partial charge in [0, 0.05) is 22.3 Å². The molecule has 184 valence electrons. The summed E-state index contributed by atoms with van der Waals surface area (Å²) in [7, 11) is 0. The molecule has 0 spiro atoms. The van der Waals surface area contributed by atoms with E-state index >= 15 is 0 Å². The minimum atomic E-state index is 0.715. The largest absolute Gasteiger partial charge is 0.236 e. The molecule has 39 heavy (non-hydrogen) atoms. The van der Waals surface area contributed by atoms with Gasteiger partial charge in [-0.15, -0.1) is 11.3 Å². The number of hydrogen-bond acceptors (Lipinski definition) is 4. The SMILES string of the molecule is c1ccc(-c2cc(-c3ccccc3-c3ccc4nc(-c5ccccc5)sc4c3)nc(-c3ccccc3)n2)cc1. The molecule has 0 amide bonds. The molecule has 7 rings (SSSR count). The molecule has 0 atom stereocenters. The Bertz CT molecular complexity index is 1840. The molecule has 0 saturated heterocycles. The molecule has 0 aliphatic carbocycles. The minimum Gasteiger partial charge on any atom is -0.236 e. The molecule has 0 aliphatic rings. The Morgan fingerprint density at radius 2 is 1.00 bits per heavy atom. The smallest absolute Gasteiger partial charge is 0.160 e. The summed E-state index contributed by atoms with van der Waals surface area (Å²) < 4.78 is 1.17. The van der Waals surface area contributed by atoms with Crippen LogP contribution in [-0.4, -0.2) is 15.0 Å². The van der Waals surface area contributed by atoms with Crippen molar-refractivity contribution in [2.45, 2.75) is 0 Å². The maximum absolute atomic E-state index is 5.07. The van der Waals surface area contributed by atoms with Crippen molar-refractivity contribution in [1.82, 2.24) is 15.0 Å². The Kier molecular flexibility index (Phi) is 6.00. The fourth-order valence-corrected chi connectivity index (χ4v) is 5.82. The van der Waals surface area contributed by atoms with Crippen molar-refractivity contribution < 1.29 is 0 Å². The van der Waals surface area contributed by atoms with Gasteiger partial charge in [-0.3, -0.25) is 0 Å². The van der Waals surface area contributed by atoms with Crippen molar-refractivity contribution in [2.24, 2.45) is 0 Å². The van der Waals surface area contributed by atoms with E-state index in [4.69, 9.17) is 15.0 Å². The van der Waals surface area contributed by atoms with Crippen molar-refractivity contribution >= 4 is 21.6 Å². The van der Waals surface area contributed by atoms with E-state index in [1.54, 1.807) is 11.3 Å². The summed E-state index contributed by atoms with van der Waals surface area (Å²) in [6.07, 6.45) is 0. The van der Waals surface area contributed by atoms with Gasteiger partial charge in [0.1, 0.15) is 5.01 Å². The van der Waals surface area contributed by atoms with Gasteiger partial charge in [-0.05, 0) is 29.3 Å². The summed E-state index contributed by atoms with van der Waals surface area (Å²) in [6.45, 7) is 0. The Labute approximate surface area is 231 Å². The van der Waals surface area contributed by atoms with Crippen LogP contribution in [0, 0.1) is 0 Å². The van der Waals surface area contributed by atoms with Crippen LogP contribution in [0.1, 0.15) is 0 Å². The summed E-state index contributed by atoms with van der Waals surface area (Å²) in [6, 6.07) is 47.9. The van der Waals surface area contributed by atoms with Crippen LogP contribution in [0.4, 0.5) is 0 Å². The lowest BCUT2D eigenvalue weighted by atomic mass is 9.96. The Hall–Kier alpha value is -4.93. The van der Waals surface area contributed by atoms with Gasteiger partial charge in [-0.2, -0.15) is 0 Å². The summed E-state index contributed by atoms with van der Waals surface area (Å²) in [5.74, 6) is 0.715. The van der Waals surface area contributed by atoms with E-state index in [9.17, 15) is 0 Å². The average molecular weight is 518 g/mol. The third-order valence-corrected chi connectivity index (χ3v) is 7.82. The molecule has 0 saturated carbocycles. The van der Waals surface area contributed by atoms with Crippen LogP contribution in [0.3, 0.4) is 0 Å². The molecule has 2 heterocycles. The van der Waals surface area contributed by atoms with E-state index in [2.05, 4.69) is 97.1 Å². The van der Waals surface area contributed by atoms with Gasteiger partial charge in [-0.25, -0.2) is 15.0 Å². The van der Waals surface area contributed by atoms with Crippen LogP contribution in [0.25, 0.3) is 65.8 Å². The quantitative estimate of drug-likeness (QED) is 0.228. The van der Waals surface area contributed by atoms with Gasteiger partial charge in [-0.1, -0.05) is 121 Å². The maximum atomic E-state index is 5.07. The highest BCUT2D eigenvalue weighted by Gasteiger charge is 2.15. The first-order valence-corrected chi connectivity index (χ1v) is 13.7. The standard InChI is InChI=1S/C35H23N3S/c1-4-12-24(13-5-1)31-23-32(37-34(36-31)25-14-6-2-7-15-25)29-19-11-10-18-28(29)27-20-21-30-33(22-27)39-35(38-30)26-16-8-3-9-17-26/h1-23H. The van der Waals surface area contributed by atoms with E-state index in [1.807, 2.05) is 42.5 Å². The zero-order valence-electron chi connectivity index (χ0n) is 21.0. The molecule has 7 aromatic rings. The lowest BCUT2D eigenvalue weighted by Gasteiger charge is -2.13. The molecule has 0 radical (unpaired) electrons. The average Bonchev–Trinajstić information content (AvgIpc) is 3.46. The second kappa shape index (κ2) is 10.1. The maximum Gasteiger partial charge on any atom is 0.160 e. The molecule has 0 N–H and O–H groups in total. The fourth-order valence-electron chi connectivity index (χ4n) is 4.81. The number of rotatable bonds is 5. The van der Waals surface area contributed by atoms with E-state index in [-0.39, 0.29) is 0 Å². The Morgan fingerprint density at radius 1 is 0.410 bits per heavy atom. The van der Waals surface area contributed by atoms with Gasteiger partial charge in [0.05, 0.1) is 21.6 Å². The highest BCUT2D eigenvalue weighted by molar-refractivity contribution is 7.21. The number of fused-ring (bicyclic) bond motifs is 1. The molecular formula is C35H23N3S. The Morgan fingerprint density at radius 3 is 1.72 bits per heavy atom. The molecule has 5 aromatic carbocycles. The first-order chi connectivity index (χ1) is 19.3. The Balaban J connectivity index is 1.37. The van der Waals surface area contributed by atoms with Crippen molar-refractivity contribution in [3.8, 4) is 55.6 Å². The molecule has 0 bridgehead atoms. The fraction of sp³-hybridized carbons (Fsp3) is 0. The second-order valence-electron chi connectivity index (χ2n) is 9.31. The molecule has 0 aliphatic heterocycles. The molecule has 4 heteroatoms. The van der Waals surface area contributed by atoms with E-state index < -0.39 is 0 Å². The first-order valence-electron chi connectivity index (χ1n) is 12.9. The number of hydrogen-bond donors (Lipinski definition) is 0. The third kappa shape index (κ3) is 4.63. The topological polar surface area (TPSA) is 38.7 Å². The first kappa shape index (κ1) is 23.2. The van der Waals surface area contributed by atoms with Gasteiger partial charge in [0.15, 0.2) is 5.82 Å². The lowest BCUT2D eigenvalue weighted by Crippen LogP contribution is -1.97.